The van der Waals surface area contributed by atoms with Gasteiger partial charge in [0.2, 0.25) is 5.95 Å². The highest BCUT2D eigenvalue weighted by Crippen LogP contribution is 2.28. The monoisotopic (exact) mass is 272 g/mol. The van der Waals surface area contributed by atoms with Gasteiger partial charge < -0.3 is 5.73 Å². The van der Waals surface area contributed by atoms with Crippen molar-refractivity contribution in [1.29, 1.82) is 0 Å². The Kier molecular flexibility index (Phi) is 2.43. The molecular weight excluding hydrogens is 267 g/mol. The highest BCUT2D eigenvalue weighted by molar-refractivity contribution is 9.10. The van der Waals surface area contributed by atoms with E-state index in [-0.39, 0.29) is 5.95 Å². The first-order valence-corrected chi connectivity index (χ1v) is 4.97. The zero-order valence-electron chi connectivity index (χ0n) is 6.96. The number of aromatic amines is 1. The minimum atomic E-state index is 0.207. The Labute approximate surface area is 93.6 Å². The second kappa shape index (κ2) is 3.59. The molecule has 0 unspecified atom stereocenters. The molecule has 0 aliphatic heterocycles. The van der Waals surface area contributed by atoms with Gasteiger partial charge in [-0.15, -0.1) is 5.10 Å². The third-order valence-corrected chi connectivity index (χ3v) is 2.49. The molecule has 0 amide bonds. The van der Waals surface area contributed by atoms with Crippen LogP contribution in [0.4, 0.5) is 5.95 Å². The molecule has 0 saturated carbocycles. The molecule has 72 valence electrons. The smallest absolute Gasteiger partial charge is 0.239 e. The van der Waals surface area contributed by atoms with Crippen LogP contribution < -0.4 is 5.73 Å². The van der Waals surface area contributed by atoms with Crippen molar-refractivity contribution in [3.63, 3.8) is 0 Å². The molecule has 2 aromatic rings. The summed E-state index contributed by atoms with van der Waals surface area (Å²) in [5.41, 5.74) is 6.17. The molecule has 3 N–H and O–H groups in total. The molecule has 0 radical (unpaired) electrons. The molecule has 4 nitrogen and oxygen atoms in total. The number of aromatic nitrogens is 3. The maximum atomic E-state index is 6.01. The topological polar surface area (TPSA) is 67.6 Å². The van der Waals surface area contributed by atoms with Crippen molar-refractivity contribution in [1.82, 2.24) is 15.2 Å². The molecule has 0 aliphatic rings. The number of nitrogen functional groups attached to an aromatic ring is 1. The Hall–Kier alpha value is -1.07. The number of H-pyrrole nitrogens is 1. The molecular formula is C8H6BrClN4. The minimum Gasteiger partial charge on any atom is -0.366 e. The van der Waals surface area contributed by atoms with Crippen molar-refractivity contribution in [2.24, 2.45) is 0 Å². The van der Waals surface area contributed by atoms with Crippen LogP contribution in [0.1, 0.15) is 0 Å². The second-order valence-electron chi connectivity index (χ2n) is 2.67. The average molecular weight is 274 g/mol. The predicted molar refractivity (Wildman–Crippen MR) is 58.9 cm³/mol. The Balaban J connectivity index is 2.52. The lowest BCUT2D eigenvalue weighted by Gasteiger charge is -1.99. The number of nitrogens with one attached hydrogen (secondary N) is 1. The Morgan fingerprint density at radius 3 is 2.79 bits per heavy atom. The number of anilines is 1. The quantitative estimate of drug-likeness (QED) is 0.839. The summed E-state index contributed by atoms with van der Waals surface area (Å²) in [5.74, 6) is 0.777. The summed E-state index contributed by atoms with van der Waals surface area (Å²) in [5, 5.41) is 7.02. The van der Waals surface area contributed by atoms with Crippen LogP contribution in [0.2, 0.25) is 5.02 Å². The van der Waals surface area contributed by atoms with E-state index in [1.165, 1.54) is 0 Å². The van der Waals surface area contributed by atoms with E-state index in [2.05, 4.69) is 31.1 Å². The number of nitrogens with zero attached hydrogens (tertiary/aromatic N) is 2. The highest BCUT2D eigenvalue weighted by Gasteiger charge is 2.07. The Morgan fingerprint density at radius 2 is 2.21 bits per heavy atom. The van der Waals surface area contributed by atoms with Gasteiger partial charge in [-0.1, -0.05) is 27.5 Å². The van der Waals surface area contributed by atoms with E-state index in [1.807, 2.05) is 12.1 Å². The highest BCUT2D eigenvalue weighted by atomic mass is 79.9. The lowest BCUT2D eigenvalue weighted by atomic mass is 10.2. The third kappa shape index (κ3) is 1.73. The first-order chi connectivity index (χ1) is 6.66. The molecule has 1 aromatic heterocycles. The zero-order valence-corrected chi connectivity index (χ0v) is 9.30. The number of halogens is 2. The van der Waals surface area contributed by atoms with Crippen molar-refractivity contribution in [3.05, 3.63) is 27.7 Å². The summed E-state index contributed by atoms with van der Waals surface area (Å²) in [6.45, 7) is 0. The molecule has 0 fully saturated rings. The van der Waals surface area contributed by atoms with Gasteiger partial charge in [0.25, 0.3) is 0 Å². The average Bonchev–Trinajstić information content (AvgIpc) is 2.51. The van der Waals surface area contributed by atoms with Crippen molar-refractivity contribution in [2.75, 3.05) is 5.73 Å². The summed E-state index contributed by atoms with van der Waals surface area (Å²) < 4.78 is 0.915. The van der Waals surface area contributed by atoms with Crippen LogP contribution in [-0.4, -0.2) is 15.2 Å². The summed E-state index contributed by atoms with van der Waals surface area (Å²) >= 11 is 9.33. The van der Waals surface area contributed by atoms with Crippen LogP contribution in [-0.2, 0) is 0 Å². The van der Waals surface area contributed by atoms with Crippen molar-refractivity contribution < 1.29 is 0 Å². The lowest BCUT2D eigenvalue weighted by Crippen LogP contribution is -1.86. The normalized spacial score (nSPS) is 10.4. The first kappa shape index (κ1) is 9.48. The van der Waals surface area contributed by atoms with E-state index in [4.69, 9.17) is 17.3 Å². The van der Waals surface area contributed by atoms with Gasteiger partial charge in [-0.2, -0.15) is 4.98 Å². The van der Waals surface area contributed by atoms with E-state index in [1.54, 1.807) is 6.07 Å². The molecule has 1 aromatic carbocycles. The largest absolute Gasteiger partial charge is 0.366 e. The van der Waals surface area contributed by atoms with E-state index < -0.39 is 0 Å². The molecule has 0 atom stereocenters. The van der Waals surface area contributed by atoms with Crippen LogP contribution in [0.15, 0.2) is 22.7 Å². The molecule has 0 spiro atoms. The standard InChI is InChI=1S/C8H6BrClN4/c9-4-1-2-5(6(10)3-4)7-12-8(11)14-13-7/h1-3H,(H3,11,12,13,14). The van der Waals surface area contributed by atoms with Crippen molar-refractivity contribution in [2.45, 2.75) is 0 Å². The number of nitrogens with two attached hydrogens (primary N) is 1. The number of benzene rings is 1. The van der Waals surface area contributed by atoms with Gasteiger partial charge in [0.05, 0.1) is 5.02 Å². The molecule has 0 aliphatic carbocycles. The van der Waals surface area contributed by atoms with Crippen LogP contribution in [0.5, 0.6) is 0 Å². The van der Waals surface area contributed by atoms with E-state index in [0.29, 0.717) is 10.8 Å². The van der Waals surface area contributed by atoms with Gasteiger partial charge in [0.15, 0.2) is 5.82 Å². The fourth-order valence-corrected chi connectivity index (χ4v) is 1.84. The predicted octanol–water partition coefficient (Wildman–Crippen LogP) is 2.47. The number of hydrogen-bond donors (Lipinski definition) is 2. The van der Waals surface area contributed by atoms with Gasteiger partial charge in [-0.25, -0.2) is 0 Å². The summed E-state index contributed by atoms with van der Waals surface area (Å²) in [6, 6.07) is 5.50. The van der Waals surface area contributed by atoms with Crippen LogP contribution in [0.3, 0.4) is 0 Å². The minimum absolute atomic E-state index is 0.207. The zero-order chi connectivity index (χ0) is 10.1. The van der Waals surface area contributed by atoms with E-state index in [0.717, 1.165) is 10.0 Å². The molecule has 0 bridgehead atoms. The van der Waals surface area contributed by atoms with Gasteiger partial charge in [0, 0.05) is 10.0 Å². The molecule has 6 heteroatoms. The third-order valence-electron chi connectivity index (χ3n) is 1.69. The number of rotatable bonds is 1. The van der Waals surface area contributed by atoms with Gasteiger partial charge >= 0.3 is 0 Å². The maximum Gasteiger partial charge on any atom is 0.239 e. The van der Waals surface area contributed by atoms with Crippen LogP contribution in [0, 0.1) is 0 Å². The fourth-order valence-electron chi connectivity index (χ4n) is 1.08. The van der Waals surface area contributed by atoms with Crippen LogP contribution in [0.25, 0.3) is 11.4 Å². The molecule has 0 saturated heterocycles. The second-order valence-corrected chi connectivity index (χ2v) is 3.99. The summed E-state index contributed by atoms with van der Waals surface area (Å²) in [6.07, 6.45) is 0. The van der Waals surface area contributed by atoms with Gasteiger partial charge in [-0.3, -0.25) is 5.10 Å². The lowest BCUT2D eigenvalue weighted by molar-refractivity contribution is 1.10. The first-order valence-electron chi connectivity index (χ1n) is 3.80. The Morgan fingerprint density at radius 1 is 1.43 bits per heavy atom. The SMILES string of the molecule is Nc1n[nH]c(-c2ccc(Br)cc2Cl)n1. The fraction of sp³-hybridized carbons (Fsp3) is 0. The van der Waals surface area contributed by atoms with Gasteiger partial charge in [0.1, 0.15) is 0 Å². The van der Waals surface area contributed by atoms with Crippen LogP contribution >= 0.6 is 27.5 Å². The van der Waals surface area contributed by atoms with Crippen molar-refractivity contribution >= 4 is 33.5 Å². The summed E-state index contributed by atoms with van der Waals surface area (Å²) in [7, 11) is 0. The Bertz CT molecular complexity index is 468. The molecule has 14 heavy (non-hydrogen) atoms. The summed E-state index contributed by atoms with van der Waals surface area (Å²) in [4.78, 5) is 3.98. The number of hydrogen-bond acceptors (Lipinski definition) is 3. The molecule has 2 rings (SSSR count). The maximum absolute atomic E-state index is 6.01. The molecule has 1 heterocycles. The van der Waals surface area contributed by atoms with Crippen molar-refractivity contribution in [3.8, 4) is 11.4 Å². The van der Waals surface area contributed by atoms with Gasteiger partial charge in [-0.05, 0) is 18.2 Å². The van der Waals surface area contributed by atoms with E-state index >= 15 is 0 Å². The van der Waals surface area contributed by atoms with E-state index in [9.17, 15) is 0 Å².